The van der Waals surface area contributed by atoms with Gasteiger partial charge in [-0.15, -0.1) is 0 Å². The minimum atomic E-state index is -0.410. The lowest BCUT2D eigenvalue weighted by atomic mass is 10.1. The molecule has 1 atom stereocenters. The molecule has 0 aliphatic carbocycles. The van der Waals surface area contributed by atoms with Crippen LogP contribution in [0.25, 0.3) is 0 Å². The van der Waals surface area contributed by atoms with Gasteiger partial charge in [0.25, 0.3) is 0 Å². The van der Waals surface area contributed by atoms with Gasteiger partial charge in [-0.2, -0.15) is 0 Å². The second-order valence-electron chi connectivity index (χ2n) is 4.00. The standard InChI is InChI=1S/C15H14F2O.H3N/c1-2-14(11-6-5-7-12(16)10-11)18-15-9-4-3-8-13(15)17;/h3-10,14H,2H2,1H3;1H3. The normalized spacial score (nSPS) is 11.5. The van der Waals surface area contributed by atoms with Crippen LogP contribution >= 0.6 is 0 Å². The van der Waals surface area contributed by atoms with Crippen LogP contribution in [0.3, 0.4) is 0 Å². The number of halogens is 2. The van der Waals surface area contributed by atoms with Gasteiger partial charge in [0.05, 0.1) is 0 Å². The Bertz CT molecular complexity index is 531. The molecule has 0 amide bonds. The molecule has 0 bridgehead atoms. The van der Waals surface area contributed by atoms with Gasteiger partial charge in [0, 0.05) is 0 Å². The van der Waals surface area contributed by atoms with Crippen LogP contribution in [0, 0.1) is 11.6 Å². The summed E-state index contributed by atoms with van der Waals surface area (Å²) in [5.41, 5.74) is 0.709. The Morgan fingerprint density at radius 2 is 1.79 bits per heavy atom. The molecular weight excluding hydrogens is 248 g/mol. The van der Waals surface area contributed by atoms with Crippen molar-refractivity contribution >= 4 is 0 Å². The zero-order valence-corrected chi connectivity index (χ0v) is 10.8. The number of hydrogen-bond donors (Lipinski definition) is 1. The first kappa shape index (κ1) is 15.1. The van der Waals surface area contributed by atoms with Gasteiger partial charge in [-0.05, 0) is 36.2 Å². The van der Waals surface area contributed by atoms with Crippen LogP contribution < -0.4 is 10.9 Å². The third-order valence-corrected chi connectivity index (χ3v) is 2.70. The highest BCUT2D eigenvalue weighted by atomic mass is 19.1. The predicted molar refractivity (Wildman–Crippen MR) is 71.5 cm³/mol. The van der Waals surface area contributed by atoms with Gasteiger partial charge in [-0.25, -0.2) is 8.78 Å². The van der Waals surface area contributed by atoms with E-state index in [-0.39, 0.29) is 23.8 Å². The van der Waals surface area contributed by atoms with Gasteiger partial charge in [-0.1, -0.05) is 31.2 Å². The molecule has 0 heterocycles. The second-order valence-corrected chi connectivity index (χ2v) is 4.00. The summed E-state index contributed by atoms with van der Waals surface area (Å²) in [4.78, 5) is 0. The Hall–Kier alpha value is -1.94. The van der Waals surface area contributed by atoms with Gasteiger partial charge in [-0.3, -0.25) is 0 Å². The summed E-state index contributed by atoms with van der Waals surface area (Å²) in [6, 6.07) is 12.4. The minimum Gasteiger partial charge on any atom is -0.483 e. The lowest BCUT2D eigenvalue weighted by Crippen LogP contribution is -2.07. The van der Waals surface area contributed by atoms with Crippen molar-refractivity contribution in [2.45, 2.75) is 19.4 Å². The number of benzene rings is 2. The van der Waals surface area contributed by atoms with E-state index in [2.05, 4.69) is 0 Å². The van der Waals surface area contributed by atoms with Crippen LogP contribution in [0.1, 0.15) is 25.0 Å². The molecule has 102 valence electrons. The molecule has 0 aliphatic rings. The summed E-state index contributed by atoms with van der Waals surface area (Å²) in [5, 5.41) is 0. The average Bonchev–Trinajstić information content (AvgIpc) is 2.38. The number of rotatable bonds is 4. The first-order valence-electron chi connectivity index (χ1n) is 5.87. The predicted octanol–water partition coefficient (Wildman–Crippen LogP) is 4.66. The molecule has 2 aromatic rings. The molecule has 0 radical (unpaired) electrons. The Balaban J connectivity index is 0.00000180. The van der Waals surface area contributed by atoms with Crippen molar-refractivity contribution in [1.82, 2.24) is 6.15 Å². The van der Waals surface area contributed by atoms with Crippen molar-refractivity contribution in [1.29, 1.82) is 0 Å². The highest BCUT2D eigenvalue weighted by molar-refractivity contribution is 5.26. The molecule has 2 aromatic carbocycles. The molecular formula is C15H17F2NO. The van der Waals surface area contributed by atoms with E-state index >= 15 is 0 Å². The summed E-state index contributed by atoms with van der Waals surface area (Å²) in [6.07, 6.45) is 0.287. The maximum atomic E-state index is 13.5. The number of hydrogen-bond acceptors (Lipinski definition) is 2. The SMILES string of the molecule is CCC(Oc1ccccc1F)c1cccc(F)c1.N. The Morgan fingerprint density at radius 3 is 2.42 bits per heavy atom. The lowest BCUT2D eigenvalue weighted by Gasteiger charge is -2.18. The Morgan fingerprint density at radius 1 is 1.05 bits per heavy atom. The minimum absolute atomic E-state index is 0. The second kappa shape index (κ2) is 6.85. The van der Waals surface area contributed by atoms with E-state index in [0.717, 1.165) is 0 Å². The molecule has 0 aliphatic heterocycles. The van der Waals surface area contributed by atoms with Crippen molar-refractivity contribution < 1.29 is 13.5 Å². The van der Waals surface area contributed by atoms with Gasteiger partial charge in [0.2, 0.25) is 0 Å². The molecule has 0 saturated heterocycles. The maximum Gasteiger partial charge on any atom is 0.165 e. The largest absolute Gasteiger partial charge is 0.483 e. The fourth-order valence-electron chi connectivity index (χ4n) is 1.79. The molecule has 1 unspecified atom stereocenters. The van der Waals surface area contributed by atoms with Crippen LogP contribution in [0.5, 0.6) is 5.75 Å². The van der Waals surface area contributed by atoms with Gasteiger partial charge in [0.15, 0.2) is 11.6 Å². The highest BCUT2D eigenvalue weighted by Gasteiger charge is 2.13. The monoisotopic (exact) mass is 265 g/mol. The summed E-state index contributed by atoms with van der Waals surface area (Å²) in [5.74, 6) is -0.538. The molecule has 0 saturated carbocycles. The van der Waals surface area contributed by atoms with E-state index in [1.165, 1.54) is 18.2 Å². The molecule has 4 heteroatoms. The zero-order chi connectivity index (χ0) is 13.0. The number of ether oxygens (including phenoxy) is 1. The first-order valence-corrected chi connectivity index (χ1v) is 5.87. The average molecular weight is 265 g/mol. The van der Waals surface area contributed by atoms with Gasteiger partial charge >= 0.3 is 0 Å². The number of para-hydroxylation sites is 1. The fourth-order valence-corrected chi connectivity index (χ4v) is 1.79. The van der Waals surface area contributed by atoms with Crippen LogP contribution in [-0.4, -0.2) is 0 Å². The van der Waals surface area contributed by atoms with E-state index in [1.807, 2.05) is 6.92 Å². The van der Waals surface area contributed by atoms with Crippen molar-refractivity contribution in [3.05, 3.63) is 65.7 Å². The van der Waals surface area contributed by atoms with E-state index in [0.29, 0.717) is 12.0 Å². The fraction of sp³-hybridized carbons (Fsp3) is 0.200. The van der Waals surface area contributed by atoms with Crippen molar-refractivity contribution in [3.8, 4) is 5.75 Å². The van der Waals surface area contributed by atoms with Crippen LogP contribution in [0.2, 0.25) is 0 Å². The smallest absolute Gasteiger partial charge is 0.165 e. The highest BCUT2D eigenvalue weighted by Crippen LogP contribution is 2.26. The third-order valence-electron chi connectivity index (χ3n) is 2.70. The first-order chi connectivity index (χ1) is 8.70. The van der Waals surface area contributed by atoms with E-state index in [9.17, 15) is 8.78 Å². The Kier molecular flexibility index (Phi) is 5.45. The van der Waals surface area contributed by atoms with Crippen molar-refractivity contribution in [2.24, 2.45) is 0 Å². The molecule has 3 N–H and O–H groups in total. The molecule has 0 spiro atoms. The molecule has 0 fully saturated rings. The zero-order valence-electron chi connectivity index (χ0n) is 10.8. The van der Waals surface area contributed by atoms with E-state index in [4.69, 9.17) is 4.74 Å². The van der Waals surface area contributed by atoms with Crippen LogP contribution in [0.4, 0.5) is 8.78 Å². The lowest BCUT2D eigenvalue weighted by molar-refractivity contribution is 0.192. The topological polar surface area (TPSA) is 44.2 Å². The summed E-state index contributed by atoms with van der Waals surface area (Å²) >= 11 is 0. The molecule has 2 rings (SSSR count). The van der Waals surface area contributed by atoms with Gasteiger partial charge in [0.1, 0.15) is 11.9 Å². The summed E-state index contributed by atoms with van der Waals surface area (Å²) in [6.45, 7) is 1.91. The Labute approximate surface area is 111 Å². The van der Waals surface area contributed by atoms with E-state index < -0.39 is 5.82 Å². The van der Waals surface area contributed by atoms with Crippen molar-refractivity contribution in [3.63, 3.8) is 0 Å². The molecule has 2 nitrogen and oxygen atoms in total. The van der Waals surface area contributed by atoms with Crippen LogP contribution in [-0.2, 0) is 0 Å². The van der Waals surface area contributed by atoms with Crippen molar-refractivity contribution in [2.75, 3.05) is 0 Å². The van der Waals surface area contributed by atoms with Gasteiger partial charge < -0.3 is 10.9 Å². The molecule has 19 heavy (non-hydrogen) atoms. The third kappa shape index (κ3) is 3.76. The van der Waals surface area contributed by atoms with E-state index in [1.54, 1.807) is 30.3 Å². The molecule has 0 aromatic heterocycles. The maximum absolute atomic E-state index is 13.5. The summed E-state index contributed by atoms with van der Waals surface area (Å²) < 4.78 is 32.2. The quantitative estimate of drug-likeness (QED) is 0.873. The summed E-state index contributed by atoms with van der Waals surface area (Å²) in [7, 11) is 0. The van der Waals surface area contributed by atoms with Crippen LogP contribution in [0.15, 0.2) is 48.5 Å².